The van der Waals surface area contributed by atoms with Crippen molar-refractivity contribution in [3.05, 3.63) is 59.9 Å². The molecule has 1 aromatic heterocycles. The number of hydrogen-bond acceptors (Lipinski definition) is 6. The van der Waals surface area contributed by atoms with Crippen LogP contribution in [-0.4, -0.2) is 35.5 Å². The highest BCUT2D eigenvalue weighted by Gasteiger charge is 2.21. The van der Waals surface area contributed by atoms with Crippen LogP contribution in [0.3, 0.4) is 0 Å². The van der Waals surface area contributed by atoms with Crippen molar-refractivity contribution in [1.29, 1.82) is 10.5 Å². The number of nitrogens with one attached hydrogen (secondary N) is 1. The van der Waals surface area contributed by atoms with Crippen molar-refractivity contribution in [3.63, 3.8) is 0 Å². The molecule has 8 heteroatoms. The van der Waals surface area contributed by atoms with E-state index in [1.165, 1.54) is 12.1 Å². The molecule has 0 unspecified atom stereocenters. The molecule has 0 spiro atoms. The largest absolute Gasteiger partial charge is 0.371 e. The van der Waals surface area contributed by atoms with Gasteiger partial charge in [0.1, 0.15) is 17.7 Å². The van der Waals surface area contributed by atoms with Gasteiger partial charge in [0.05, 0.1) is 23.0 Å². The van der Waals surface area contributed by atoms with E-state index < -0.39 is 5.82 Å². The van der Waals surface area contributed by atoms with Crippen LogP contribution in [-0.2, 0) is 0 Å². The van der Waals surface area contributed by atoms with Crippen LogP contribution < -0.4 is 16.0 Å². The smallest absolute Gasteiger partial charge is 0.149 e. The van der Waals surface area contributed by atoms with Gasteiger partial charge in [0, 0.05) is 48.9 Å². The van der Waals surface area contributed by atoms with Crippen LogP contribution in [0.15, 0.2) is 48.5 Å². The van der Waals surface area contributed by atoms with E-state index in [2.05, 4.69) is 28.4 Å². The van der Waals surface area contributed by atoms with Gasteiger partial charge in [0.25, 0.3) is 0 Å². The average Bonchev–Trinajstić information content (AvgIpc) is 3.36. The molecule has 2 heterocycles. The number of piperidine rings is 1. The Morgan fingerprint density at radius 2 is 1.76 bits per heavy atom. The minimum Gasteiger partial charge on any atom is -0.371 e. The Morgan fingerprint density at radius 1 is 1.00 bits per heavy atom. The van der Waals surface area contributed by atoms with Crippen LogP contribution in [0.25, 0.3) is 16.9 Å². The van der Waals surface area contributed by atoms with Crippen molar-refractivity contribution in [2.75, 3.05) is 29.9 Å². The summed E-state index contributed by atoms with van der Waals surface area (Å²) >= 11 is 0. The summed E-state index contributed by atoms with van der Waals surface area (Å²) in [5.41, 5.74) is 9.56. The predicted octanol–water partition coefficient (Wildman–Crippen LogP) is 5.22. The van der Waals surface area contributed by atoms with Gasteiger partial charge >= 0.3 is 0 Å². The van der Waals surface area contributed by atoms with Crippen LogP contribution in [0.4, 0.5) is 15.9 Å². The summed E-state index contributed by atoms with van der Waals surface area (Å²) in [6, 6.07) is 19.3. The molecule has 3 aromatic rings. The van der Waals surface area contributed by atoms with E-state index in [1.54, 1.807) is 6.07 Å². The molecule has 3 N–H and O–H groups in total. The standard InChI is InChI=1S/C29H32FN7/c30-27-15-22(4-5-23(27)18-32)28-16-29(34-19-21-2-1-3-24(33)14-21)35-37(28)26-8-6-25(7-9-26)36-12-10-20(17-31)11-13-36/h4-9,15-16,20-21,24H,1-3,10-14,19,33H2,(H,34,35)/t21-,24-/m0/s1. The molecule has 1 aliphatic carbocycles. The minimum absolute atomic E-state index is 0.0197. The maximum Gasteiger partial charge on any atom is 0.149 e. The van der Waals surface area contributed by atoms with Crippen molar-refractivity contribution in [3.8, 4) is 29.1 Å². The van der Waals surface area contributed by atoms with E-state index in [9.17, 15) is 9.65 Å². The fraction of sp³-hybridized carbons (Fsp3) is 0.414. The second-order valence-electron chi connectivity index (χ2n) is 10.2. The molecule has 2 aliphatic rings. The summed E-state index contributed by atoms with van der Waals surface area (Å²) < 4.78 is 16.3. The number of nitrogens with zero attached hydrogens (tertiary/aromatic N) is 5. The molecule has 2 fully saturated rings. The maximum absolute atomic E-state index is 14.5. The minimum atomic E-state index is -0.547. The van der Waals surface area contributed by atoms with E-state index in [0.29, 0.717) is 11.5 Å². The Balaban J connectivity index is 1.41. The maximum atomic E-state index is 14.5. The molecular formula is C29H32FN7. The van der Waals surface area contributed by atoms with Crippen molar-refractivity contribution in [2.45, 2.75) is 44.6 Å². The third-order valence-electron chi connectivity index (χ3n) is 7.63. The highest BCUT2D eigenvalue weighted by Crippen LogP contribution is 2.30. The number of rotatable bonds is 6. The molecule has 2 atom stereocenters. The van der Waals surface area contributed by atoms with Gasteiger partial charge in [-0.3, -0.25) is 0 Å². The Labute approximate surface area is 217 Å². The predicted molar refractivity (Wildman–Crippen MR) is 143 cm³/mol. The number of nitrogens with two attached hydrogens (primary N) is 1. The Morgan fingerprint density at radius 3 is 2.43 bits per heavy atom. The second kappa shape index (κ2) is 11.0. The summed E-state index contributed by atoms with van der Waals surface area (Å²) in [6.07, 6.45) is 6.17. The number of halogens is 1. The summed E-state index contributed by atoms with van der Waals surface area (Å²) in [7, 11) is 0. The molecule has 5 rings (SSSR count). The van der Waals surface area contributed by atoms with Gasteiger partial charge in [-0.15, -0.1) is 5.10 Å². The van der Waals surface area contributed by atoms with Gasteiger partial charge < -0.3 is 16.0 Å². The molecule has 1 saturated carbocycles. The number of nitriles is 2. The molecule has 2 aromatic carbocycles. The van der Waals surface area contributed by atoms with Crippen LogP contribution >= 0.6 is 0 Å². The first-order valence-corrected chi connectivity index (χ1v) is 13.1. The zero-order chi connectivity index (χ0) is 25.8. The topological polar surface area (TPSA) is 107 Å². The third kappa shape index (κ3) is 5.60. The van der Waals surface area contributed by atoms with Crippen LogP contribution in [0.5, 0.6) is 0 Å². The Hall–Kier alpha value is -3.88. The molecule has 0 amide bonds. The monoisotopic (exact) mass is 497 g/mol. The molecule has 190 valence electrons. The molecule has 1 saturated heterocycles. The molecular weight excluding hydrogens is 465 g/mol. The summed E-state index contributed by atoms with van der Waals surface area (Å²) in [5, 5.41) is 26.6. The summed E-state index contributed by atoms with van der Waals surface area (Å²) in [5.74, 6) is 0.829. The highest BCUT2D eigenvalue weighted by molar-refractivity contribution is 5.67. The number of aromatic nitrogens is 2. The van der Waals surface area contributed by atoms with Crippen molar-refractivity contribution >= 4 is 11.5 Å². The summed E-state index contributed by atoms with van der Waals surface area (Å²) in [4.78, 5) is 2.31. The zero-order valence-electron chi connectivity index (χ0n) is 20.9. The lowest BCUT2D eigenvalue weighted by Crippen LogP contribution is -2.33. The first-order valence-electron chi connectivity index (χ1n) is 13.1. The lowest BCUT2D eigenvalue weighted by molar-refractivity contribution is 0.335. The Kier molecular flexibility index (Phi) is 7.39. The van der Waals surface area contributed by atoms with E-state index in [0.717, 1.165) is 81.0 Å². The highest BCUT2D eigenvalue weighted by atomic mass is 19.1. The van der Waals surface area contributed by atoms with Crippen LogP contribution in [0.2, 0.25) is 0 Å². The number of anilines is 2. The molecule has 0 bridgehead atoms. The number of hydrogen-bond donors (Lipinski definition) is 2. The van der Waals surface area contributed by atoms with Gasteiger partial charge in [-0.2, -0.15) is 10.5 Å². The fourth-order valence-corrected chi connectivity index (χ4v) is 5.47. The van der Waals surface area contributed by atoms with E-state index in [-0.39, 0.29) is 17.5 Å². The van der Waals surface area contributed by atoms with Crippen LogP contribution in [0, 0.1) is 40.3 Å². The van der Waals surface area contributed by atoms with E-state index >= 15 is 0 Å². The lowest BCUT2D eigenvalue weighted by Gasteiger charge is -2.31. The molecule has 37 heavy (non-hydrogen) atoms. The first kappa shape index (κ1) is 24.8. The molecule has 1 aliphatic heterocycles. The van der Waals surface area contributed by atoms with Gasteiger partial charge in [-0.1, -0.05) is 12.5 Å². The Bertz CT molecular complexity index is 1310. The first-order chi connectivity index (χ1) is 18.0. The van der Waals surface area contributed by atoms with Crippen molar-refractivity contribution in [2.24, 2.45) is 17.6 Å². The molecule has 0 radical (unpaired) electrons. The van der Waals surface area contributed by atoms with Gasteiger partial charge in [-0.25, -0.2) is 9.07 Å². The average molecular weight is 498 g/mol. The fourth-order valence-electron chi connectivity index (χ4n) is 5.47. The SMILES string of the molecule is N#Cc1ccc(-c2cc(NC[C@H]3CCC[C@H](N)C3)nn2-c2ccc(N3CCC(C#N)CC3)cc2)cc1F. The third-order valence-corrected chi connectivity index (χ3v) is 7.63. The van der Waals surface area contributed by atoms with Gasteiger partial charge in [0.2, 0.25) is 0 Å². The van der Waals surface area contributed by atoms with Crippen LogP contribution in [0.1, 0.15) is 44.1 Å². The summed E-state index contributed by atoms with van der Waals surface area (Å²) in [6.45, 7) is 2.53. The second-order valence-corrected chi connectivity index (χ2v) is 10.2. The normalized spacial score (nSPS) is 20.3. The van der Waals surface area contributed by atoms with Crippen molar-refractivity contribution in [1.82, 2.24) is 9.78 Å². The van der Waals surface area contributed by atoms with Gasteiger partial charge in [0.15, 0.2) is 0 Å². The zero-order valence-corrected chi connectivity index (χ0v) is 20.9. The van der Waals surface area contributed by atoms with Crippen molar-refractivity contribution < 1.29 is 4.39 Å². The van der Waals surface area contributed by atoms with E-state index in [4.69, 9.17) is 16.1 Å². The van der Waals surface area contributed by atoms with Gasteiger partial charge in [-0.05, 0) is 74.4 Å². The van der Waals surface area contributed by atoms with E-state index in [1.807, 2.05) is 29.0 Å². The quantitative estimate of drug-likeness (QED) is 0.484. The lowest BCUT2D eigenvalue weighted by atomic mass is 9.86. The number of benzene rings is 2. The molecule has 7 nitrogen and oxygen atoms in total.